The van der Waals surface area contributed by atoms with Crippen molar-refractivity contribution < 1.29 is 36.2 Å². The number of benzene rings is 2. The highest BCUT2D eigenvalue weighted by Gasteiger charge is 2.40. The van der Waals surface area contributed by atoms with Crippen LogP contribution >= 0.6 is 0 Å². The standard InChI is InChI=1S/C16H10F6O2/c17-15(18,19)12-6-11(7-13(8-12)16(20,21)22)14(24,9-23)10-4-2-1-3-5-10/h1-9,24H. The Labute approximate surface area is 132 Å². The Morgan fingerprint density at radius 3 is 1.50 bits per heavy atom. The third kappa shape index (κ3) is 3.43. The second kappa shape index (κ2) is 5.94. The first kappa shape index (κ1) is 18.0. The molecule has 128 valence electrons. The minimum atomic E-state index is -5.07. The summed E-state index contributed by atoms with van der Waals surface area (Å²) in [5, 5.41) is 10.4. The van der Waals surface area contributed by atoms with Crippen LogP contribution in [0.25, 0.3) is 0 Å². The van der Waals surface area contributed by atoms with E-state index in [0.717, 1.165) is 0 Å². The summed E-state index contributed by atoms with van der Waals surface area (Å²) in [5.41, 5.74) is -6.81. The van der Waals surface area contributed by atoms with Gasteiger partial charge < -0.3 is 5.11 Å². The van der Waals surface area contributed by atoms with Gasteiger partial charge in [0, 0.05) is 0 Å². The molecule has 0 aliphatic carbocycles. The van der Waals surface area contributed by atoms with E-state index in [9.17, 15) is 36.2 Å². The lowest BCUT2D eigenvalue weighted by Crippen LogP contribution is -2.30. The number of aldehydes is 1. The summed E-state index contributed by atoms with van der Waals surface area (Å²) in [5.74, 6) is 0. The molecule has 2 aromatic rings. The molecule has 1 N–H and O–H groups in total. The third-order valence-corrected chi connectivity index (χ3v) is 3.41. The van der Waals surface area contributed by atoms with Gasteiger partial charge in [-0.25, -0.2) is 0 Å². The van der Waals surface area contributed by atoms with Gasteiger partial charge in [-0.2, -0.15) is 26.3 Å². The van der Waals surface area contributed by atoms with Crippen molar-refractivity contribution in [3.63, 3.8) is 0 Å². The summed E-state index contributed by atoms with van der Waals surface area (Å²) in [6, 6.07) is 7.34. The van der Waals surface area contributed by atoms with Gasteiger partial charge >= 0.3 is 12.4 Å². The topological polar surface area (TPSA) is 37.3 Å². The smallest absolute Gasteiger partial charge is 0.373 e. The molecule has 0 spiro atoms. The third-order valence-electron chi connectivity index (χ3n) is 3.41. The molecule has 0 amide bonds. The lowest BCUT2D eigenvalue weighted by molar-refractivity contribution is -0.143. The molecule has 1 atom stereocenters. The molecular formula is C16H10F6O2. The van der Waals surface area contributed by atoms with Crippen molar-refractivity contribution in [1.29, 1.82) is 0 Å². The van der Waals surface area contributed by atoms with Crippen molar-refractivity contribution in [2.45, 2.75) is 18.0 Å². The number of carbonyl (C=O) groups is 1. The largest absolute Gasteiger partial charge is 0.416 e. The van der Waals surface area contributed by atoms with Crippen molar-refractivity contribution >= 4 is 6.29 Å². The molecular weight excluding hydrogens is 338 g/mol. The molecule has 0 saturated carbocycles. The Hall–Kier alpha value is -2.35. The zero-order valence-corrected chi connectivity index (χ0v) is 11.8. The van der Waals surface area contributed by atoms with Crippen LogP contribution in [0, 0.1) is 0 Å². The van der Waals surface area contributed by atoms with E-state index in [-0.39, 0.29) is 17.9 Å². The lowest BCUT2D eigenvalue weighted by atomic mass is 9.85. The average Bonchev–Trinajstić information content (AvgIpc) is 2.53. The fourth-order valence-corrected chi connectivity index (χ4v) is 2.17. The second-order valence-corrected chi connectivity index (χ2v) is 5.04. The Kier molecular flexibility index (Phi) is 4.45. The monoisotopic (exact) mass is 348 g/mol. The van der Waals surface area contributed by atoms with Crippen molar-refractivity contribution in [1.82, 2.24) is 0 Å². The fourth-order valence-electron chi connectivity index (χ4n) is 2.17. The number of hydrogen-bond acceptors (Lipinski definition) is 2. The second-order valence-electron chi connectivity index (χ2n) is 5.04. The van der Waals surface area contributed by atoms with Gasteiger partial charge in [-0.1, -0.05) is 30.3 Å². The number of carbonyl (C=O) groups excluding carboxylic acids is 1. The highest BCUT2D eigenvalue weighted by Crippen LogP contribution is 2.39. The van der Waals surface area contributed by atoms with Gasteiger partial charge in [0.25, 0.3) is 0 Å². The molecule has 0 saturated heterocycles. The van der Waals surface area contributed by atoms with E-state index < -0.39 is 34.6 Å². The van der Waals surface area contributed by atoms with E-state index in [2.05, 4.69) is 0 Å². The number of rotatable bonds is 3. The maximum absolute atomic E-state index is 12.9. The van der Waals surface area contributed by atoms with Gasteiger partial charge in [0.15, 0.2) is 11.9 Å². The highest BCUT2D eigenvalue weighted by atomic mass is 19.4. The first-order valence-electron chi connectivity index (χ1n) is 6.52. The SMILES string of the molecule is O=CC(O)(c1ccccc1)c1cc(C(F)(F)F)cc(C(F)(F)F)c1. The number of hydrogen-bond donors (Lipinski definition) is 1. The summed E-state index contributed by atoms with van der Waals surface area (Å²) in [6.07, 6.45) is -10.2. The molecule has 0 radical (unpaired) electrons. The predicted molar refractivity (Wildman–Crippen MR) is 72.0 cm³/mol. The van der Waals surface area contributed by atoms with Crippen molar-refractivity contribution in [3.05, 3.63) is 70.8 Å². The van der Waals surface area contributed by atoms with Gasteiger partial charge in [0.2, 0.25) is 0 Å². The minimum absolute atomic E-state index is 0.0697. The summed E-state index contributed by atoms with van der Waals surface area (Å²) in [7, 11) is 0. The van der Waals surface area contributed by atoms with Gasteiger partial charge in [0.1, 0.15) is 0 Å². The molecule has 0 heterocycles. The van der Waals surface area contributed by atoms with Crippen LogP contribution in [0.5, 0.6) is 0 Å². The fraction of sp³-hybridized carbons (Fsp3) is 0.188. The van der Waals surface area contributed by atoms with Gasteiger partial charge in [-0.05, 0) is 29.3 Å². The van der Waals surface area contributed by atoms with Crippen LogP contribution in [0.4, 0.5) is 26.3 Å². The normalized spacial score (nSPS) is 15.0. The molecule has 8 heteroatoms. The Balaban J connectivity index is 2.74. The molecule has 2 rings (SSSR count). The van der Waals surface area contributed by atoms with Crippen LogP contribution in [0.1, 0.15) is 22.3 Å². The maximum Gasteiger partial charge on any atom is 0.416 e. The van der Waals surface area contributed by atoms with Crippen molar-refractivity contribution in [3.8, 4) is 0 Å². The van der Waals surface area contributed by atoms with E-state index in [1.54, 1.807) is 0 Å². The van der Waals surface area contributed by atoms with Crippen LogP contribution in [0.3, 0.4) is 0 Å². The maximum atomic E-state index is 12.9. The van der Waals surface area contributed by atoms with E-state index in [1.165, 1.54) is 30.3 Å². The average molecular weight is 348 g/mol. The van der Waals surface area contributed by atoms with Crippen LogP contribution < -0.4 is 0 Å². The Bertz CT molecular complexity index is 704. The quantitative estimate of drug-likeness (QED) is 0.668. The van der Waals surface area contributed by atoms with Gasteiger partial charge in [-0.3, -0.25) is 4.79 Å². The summed E-state index contributed by atoms with van der Waals surface area (Å²) >= 11 is 0. The minimum Gasteiger partial charge on any atom is -0.373 e. The van der Waals surface area contributed by atoms with Crippen LogP contribution in [-0.2, 0) is 22.7 Å². The first-order chi connectivity index (χ1) is 11.0. The van der Waals surface area contributed by atoms with E-state index >= 15 is 0 Å². The number of aliphatic hydroxyl groups is 1. The molecule has 2 nitrogen and oxygen atoms in total. The summed E-state index contributed by atoms with van der Waals surface area (Å²) in [4.78, 5) is 11.3. The molecule has 0 bridgehead atoms. The molecule has 2 aromatic carbocycles. The highest BCUT2D eigenvalue weighted by molar-refractivity contribution is 5.72. The van der Waals surface area contributed by atoms with E-state index in [0.29, 0.717) is 12.1 Å². The van der Waals surface area contributed by atoms with E-state index in [1.807, 2.05) is 0 Å². The molecule has 0 aliphatic rings. The van der Waals surface area contributed by atoms with Crippen molar-refractivity contribution in [2.24, 2.45) is 0 Å². The van der Waals surface area contributed by atoms with Gasteiger partial charge in [-0.15, -0.1) is 0 Å². The molecule has 0 fully saturated rings. The van der Waals surface area contributed by atoms with E-state index in [4.69, 9.17) is 0 Å². The molecule has 24 heavy (non-hydrogen) atoms. The predicted octanol–water partition coefficient (Wildman–Crippen LogP) is 4.16. The number of alkyl halides is 6. The number of halogens is 6. The van der Waals surface area contributed by atoms with Gasteiger partial charge in [0.05, 0.1) is 11.1 Å². The summed E-state index contributed by atoms with van der Waals surface area (Å²) < 4.78 is 77.4. The summed E-state index contributed by atoms with van der Waals surface area (Å²) in [6.45, 7) is 0. The molecule has 0 aromatic heterocycles. The zero-order valence-electron chi connectivity index (χ0n) is 11.8. The van der Waals surface area contributed by atoms with Crippen LogP contribution in [0.15, 0.2) is 48.5 Å². The van der Waals surface area contributed by atoms with Crippen LogP contribution in [-0.4, -0.2) is 11.4 Å². The Morgan fingerprint density at radius 1 is 0.708 bits per heavy atom. The van der Waals surface area contributed by atoms with Crippen LogP contribution in [0.2, 0.25) is 0 Å². The van der Waals surface area contributed by atoms with Crippen molar-refractivity contribution in [2.75, 3.05) is 0 Å². The first-order valence-corrected chi connectivity index (χ1v) is 6.52. The Morgan fingerprint density at radius 2 is 1.12 bits per heavy atom. The molecule has 1 unspecified atom stereocenters. The zero-order chi connectivity index (χ0) is 18.2. The lowest BCUT2D eigenvalue weighted by Gasteiger charge is -2.25. The molecule has 0 aliphatic heterocycles.